The lowest BCUT2D eigenvalue weighted by atomic mass is 9.90. The fourth-order valence-corrected chi connectivity index (χ4v) is 3.18. The standard InChI is InChI=1S/C17H16ClF2N/c18-17-10-14(12-8-7-11(19)9-15(12)20)13-5-3-1-2-4-6-16(13)21-17/h7-10H,1-6H2. The van der Waals surface area contributed by atoms with Gasteiger partial charge in [0.05, 0.1) is 0 Å². The van der Waals surface area contributed by atoms with Crippen molar-refractivity contribution in [3.8, 4) is 11.1 Å². The molecule has 2 aromatic rings. The zero-order valence-electron chi connectivity index (χ0n) is 11.6. The van der Waals surface area contributed by atoms with Gasteiger partial charge in [-0.1, -0.05) is 24.4 Å². The zero-order valence-corrected chi connectivity index (χ0v) is 12.4. The van der Waals surface area contributed by atoms with Gasteiger partial charge in [-0.05, 0) is 55.0 Å². The first-order valence-corrected chi connectivity index (χ1v) is 7.66. The smallest absolute Gasteiger partial charge is 0.133 e. The second-order valence-electron chi connectivity index (χ2n) is 5.46. The molecule has 1 aromatic heterocycles. The molecule has 1 heterocycles. The Morgan fingerprint density at radius 2 is 1.67 bits per heavy atom. The summed E-state index contributed by atoms with van der Waals surface area (Å²) in [6, 6.07) is 5.37. The molecule has 110 valence electrons. The molecule has 0 bridgehead atoms. The van der Waals surface area contributed by atoms with Gasteiger partial charge in [0.25, 0.3) is 0 Å². The van der Waals surface area contributed by atoms with E-state index in [4.69, 9.17) is 11.6 Å². The Balaban J connectivity index is 2.16. The molecule has 0 saturated carbocycles. The van der Waals surface area contributed by atoms with E-state index < -0.39 is 11.6 Å². The number of benzene rings is 1. The van der Waals surface area contributed by atoms with Crippen LogP contribution in [0.2, 0.25) is 5.15 Å². The summed E-state index contributed by atoms with van der Waals surface area (Å²) in [7, 11) is 0. The van der Waals surface area contributed by atoms with E-state index in [1.807, 2.05) is 0 Å². The number of aromatic nitrogens is 1. The summed E-state index contributed by atoms with van der Waals surface area (Å²) < 4.78 is 27.2. The highest BCUT2D eigenvalue weighted by Crippen LogP contribution is 2.33. The monoisotopic (exact) mass is 307 g/mol. The SMILES string of the molecule is Fc1ccc(-c2cc(Cl)nc3c2CCCCCC3)c(F)c1. The van der Waals surface area contributed by atoms with Crippen molar-refractivity contribution in [2.75, 3.05) is 0 Å². The van der Waals surface area contributed by atoms with Crippen LogP contribution in [0.25, 0.3) is 11.1 Å². The molecule has 0 radical (unpaired) electrons. The first-order valence-electron chi connectivity index (χ1n) is 7.29. The maximum Gasteiger partial charge on any atom is 0.133 e. The normalized spacial score (nSPS) is 15.2. The number of hydrogen-bond acceptors (Lipinski definition) is 1. The maximum absolute atomic E-state index is 14.1. The molecule has 3 rings (SSSR count). The molecule has 1 nitrogen and oxygen atoms in total. The summed E-state index contributed by atoms with van der Waals surface area (Å²) >= 11 is 6.10. The van der Waals surface area contributed by atoms with Crippen LogP contribution in [0, 0.1) is 11.6 Å². The van der Waals surface area contributed by atoms with E-state index in [0.29, 0.717) is 10.7 Å². The first-order chi connectivity index (χ1) is 10.1. The van der Waals surface area contributed by atoms with Gasteiger partial charge in [-0.3, -0.25) is 0 Å². The van der Waals surface area contributed by atoms with E-state index in [2.05, 4.69) is 4.98 Å². The number of aryl methyl sites for hydroxylation is 1. The van der Waals surface area contributed by atoms with Crippen molar-refractivity contribution in [2.24, 2.45) is 0 Å². The Morgan fingerprint density at radius 3 is 2.43 bits per heavy atom. The molecule has 0 N–H and O–H groups in total. The van der Waals surface area contributed by atoms with Gasteiger partial charge in [0.1, 0.15) is 16.8 Å². The van der Waals surface area contributed by atoms with Crippen molar-refractivity contribution in [2.45, 2.75) is 38.5 Å². The van der Waals surface area contributed by atoms with E-state index in [1.165, 1.54) is 25.0 Å². The average Bonchev–Trinajstić information content (AvgIpc) is 2.40. The summed E-state index contributed by atoms with van der Waals surface area (Å²) in [4.78, 5) is 4.42. The molecule has 21 heavy (non-hydrogen) atoms. The number of nitrogens with zero attached hydrogens (tertiary/aromatic N) is 1. The van der Waals surface area contributed by atoms with Gasteiger partial charge in [0, 0.05) is 17.3 Å². The highest BCUT2D eigenvalue weighted by Gasteiger charge is 2.17. The van der Waals surface area contributed by atoms with Crippen LogP contribution in [0.15, 0.2) is 24.3 Å². The van der Waals surface area contributed by atoms with E-state index in [9.17, 15) is 8.78 Å². The predicted octanol–water partition coefficient (Wildman–Crippen LogP) is 5.34. The third-order valence-electron chi connectivity index (χ3n) is 3.99. The minimum Gasteiger partial charge on any atom is -0.241 e. The fourth-order valence-electron chi connectivity index (χ4n) is 2.97. The summed E-state index contributed by atoms with van der Waals surface area (Å²) in [5.41, 5.74) is 3.17. The van der Waals surface area contributed by atoms with Crippen LogP contribution >= 0.6 is 11.6 Å². The molecule has 0 aliphatic heterocycles. The molecule has 1 aliphatic rings. The predicted molar refractivity (Wildman–Crippen MR) is 80.5 cm³/mol. The number of pyridine rings is 1. The minimum atomic E-state index is -0.570. The Hall–Kier alpha value is -1.48. The molecule has 0 spiro atoms. The second-order valence-corrected chi connectivity index (χ2v) is 5.84. The average molecular weight is 308 g/mol. The third kappa shape index (κ3) is 3.08. The van der Waals surface area contributed by atoms with Crippen molar-refractivity contribution < 1.29 is 8.78 Å². The van der Waals surface area contributed by atoms with Crippen molar-refractivity contribution >= 4 is 11.6 Å². The molecule has 0 fully saturated rings. The van der Waals surface area contributed by atoms with E-state index in [-0.39, 0.29) is 0 Å². The largest absolute Gasteiger partial charge is 0.241 e. The summed E-state index contributed by atoms with van der Waals surface area (Å²) in [5.74, 6) is -1.12. The number of hydrogen-bond donors (Lipinski definition) is 0. The topological polar surface area (TPSA) is 12.9 Å². The van der Waals surface area contributed by atoms with Crippen molar-refractivity contribution in [3.05, 3.63) is 52.3 Å². The van der Waals surface area contributed by atoms with Crippen LogP contribution < -0.4 is 0 Å². The second kappa shape index (κ2) is 6.10. The Bertz CT molecular complexity index is 670. The van der Waals surface area contributed by atoms with Gasteiger partial charge in [-0.15, -0.1) is 0 Å². The van der Waals surface area contributed by atoms with E-state index >= 15 is 0 Å². The molecule has 4 heteroatoms. The first kappa shape index (κ1) is 14.5. The van der Waals surface area contributed by atoms with Gasteiger partial charge in [-0.25, -0.2) is 13.8 Å². The lowest BCUT2D eigenvalue weighted by molar-refractivity contribution is 0.584. The van der Waals surface area contributed by atoms with Crippen molar-refractivity contribution in [1.29, 1.82) is 0 Å². The lowest BCUT2D eigenvalue weighted by Crippen LogP contribution is -2.05. The van der Waals surface area contributed by atoms with Crippen LogP contribution in [0.5, 0.6) is 0 Å². The Morgan fingerprint density at radius 1 is 0.905 bits per heavy atom. The summed E-state index contributed by atoms with van der Waals surface area (Å²) in [6.07, 6.45) is 6.23. The highest BCUT2D eigenvalue weighted by atomic mass is 35.5. The Labute approximate surface area is 128 Å². The lowest BCUT2D eigenvalue weighted by Gasteiger charge is -2.18. The van der Waals surface area contributed by atoms with Crippen LogP contribution in [0.1, 0.15) is 36.9 Å². The van der Waals surface area contributed by atoms with Crippen LogP contribution in [0.3, 0.4) is 0 Å². The van der Waals surface area contributed by atoms with Crippen LogP contribution in [-0.2, 0) is 12.8 Å². The molecule has 0 unspecified atom stereocenters. The van der Waals surface area contributed by atoms with E-state index in [1.54, 1.807) is 6.07 Å². The maximum atomic E-state index is 14.1. The third-order valence-corrected chi connectivity index (χ3v) is 4.18. The van der Waals surface area contributed by atoms with Crippen LogP contribution in [-0.4, -0.2) is 4.98 Å². The highest BCUT2D eigenvalue weighted by molar-refractivity contribution is 6.29. The Kier molecular flexibility index (Phi) is 4.20. The van der Waals surface area contributed by atoms with Crippen molar-refractivity contribution in [3.63, 3.8) is 0 Å². The van der Waals surface area contributed by atoms with Crippen molar-refractivity contribution in [1.82, 2.24) is 4.98 Å². The van der Waals surface area contributed by atoms with E-state index in [0.717, 1.165) is 48.6 Å². The van der Waals surface area contributed by atoms with Gasteiger partial charge < -0.3 is 0 Å². The summed E-state index contributed by atoms with van der Waals surface area (Å²) in [5, 5.41) is 0.369. The number of halogens is 3. The number of fused-ring (bicyclic) bond motifs is 1. The molecular weight excluding hydrogens is 292 g/mol. The quantitative estimate of drug-likeness (QED) is 0.648. The minimum absolute atomic E-state index is 0.369. The molecule has 1 aliphatic carbocycles. The molecule has 0 saturated heterocycles. The zero-order chi connectivity index (χ0) is 14.8. The fraction of sp³-hybridized carbons (Fsp3) is 0.353. The van der Waals surface area contributed by atoms with Gasteiger partial charge in [0.2, 0.25) is 0 Å². The molecular formula is C17H16ClF2N. The van der Waals surface area contributed by atoms with Gasteiger partial charge >= 0.3 is 0 Å². The van der Waals surface area contributed by atoms with Gasteiger partial charge in [-0.2, -0.15) is 0 Å². The van der Waals surface area contributed by atoms with Crippen LogP contribution in [0.4, 0.5) is 8.78 Å². The van der Waals surface area contributed by atoms with Gasteiger partial charge in [0.15, 0.2) is 0 Å². The molecule has 0 atom stereocenters. The summed E-state index contributed by atoms with van der Waals surface area (Å²) in [6.45, 7) is 0. The molecule has 0 amide bonds. The molecule has 1 aromatic carbocycles. The number of rotatable bonds is 1.